The number of aromatic nitrogens is 2. The van der Waals surface area contributed by atoms with Crippen molar-refractivity contribution in [2.24, 2.45) is 4.99 Å². The number of hydrogen-bond acceptors (Lipinski definition) is 3. The summed E-state index contributed by atoms with van der Waals surface area (Å²) in [6, 6.07) is 9.75. The average molecular weight is 527 g/mol. The Bertz CT molecular complexity index is 719. The Morgan fingerprint density at radius 2 is 1.87 bits per heavy atom. The molecule has 30 heavy (non-hydrogen) atoms. The molecule has 0 atom stereocenters. The lowest BCUT2D eigenvalue weighted by Gasteiger charge is -2.30. The lowest BCUT2D eigenvalue weighted by molar-refractivity contribution is 0.173. The van der Waals surface area contributed by atoms with Crippen LogP contribution in [0.2, 0.25) is 0 Å². The van der Waals surface area contributed by atoms with Gasteiger partial charge in [-0.2, -0.15) is 0 Å². The van der Waals surface area contributed by atoms with Crippen molar-refractivity contribution in [1.82, 2.24) is 25.1 Å². The standard InChI is InChI=1S/C23H38N6.HI/c1-6-25-23(26-11-8-13-29(19(2)3)20(4)5)27-16-21-9-7-10-22(15-21)17-28-14-12-24-18-28;/h7,9-10,12,14-15,18-20H,6,8,11,13,16-17H2,1-5H3,(H2,25,26,27);1H. The number of imidazole rings is 1. The lowest BCUT2D eigenvalue weighted by Crippen LogP contribution is -2.41. The maximum absolute atomic E-state index is 4.77. The molecule has 7 heteroatoms. The maximum Gasteiger partial charge on any atom is 0.191 e. The van der Waals surface area contributed by atoms with Crippen LogP contribution in [-0.4, -0.2) is 52.1 Å². The molecule has 6 nitrogen and oxygen atoms in total. The van der Waals surface area contributed by atoms with Gasteiger partial charge in [-0.1, -0.05) is 24.3 Å². The summed E-state index contributed by atoms with van der Waals surface area (Å²) in [6.45, 7) is 15.5. The van der Waals surface area contributed by atoms with E-state index in [0.29, 0.717) is 18.6 Å². The molecule has 0 aliphatic heterocycles. The Kier molecular flexibility index (Phi) is 12.7. The van der Waals surface area contributed by atoms with Crippen LogP contribution in [0.25, 0.3) is 0 Å². The highest BCUT2D eigenvalue weighted by atomic mass is 127. The molecule has 0 radical (unpaired) electrons. The molecular formula is C23H39IN6. The number of benzene rings is 1. The molecule has 2 rings (SSSR count). The number of halogens is 1. The summed E-state index contributed by atoms with van der Waals surface area (Å²) in [7, 11) is 0. The van der Waals surface area contributed by atoms with Crippen LogP contribution in [0, 0.1) is 0 Å². The van der Waals surface area contributed by atoms with Crippen LogP contribution in [-0.2, 0) is 13.1 Å². The second-order valence-electron chi connectivity index (χ2n) is 7.96. The van der Waals surface area contributed by atoms with Gasteiger partial charge in [-0.05, 0) is 52.2 Å². The van der Waals surface area contributed by atoms with Crippen molar-refractivity contribution in [3.05, 3.63) is 54.1 Å². The van der Waals surface area contributed by atoms with E-state index in [0.717, 1.165) is 38.6 Å². The molecule has 168 valence electrons. The Morgan fingerprint density at radius 3 is 2.50 bits per heavy atom. The SMILES string of the molecule is CCNC(=NCc1cccc(Cn2ccnc2)c1)NCCCN(C(C)C)C(C)C.I. The van der Waals surface area contributed by atoms with Crippen molar-refractivity contribution in [3.8, 4) is 0 Å². The van der Waals surface area contributed by atoms with Crippen LogP contribution < -0.4 is 10.6 Å². The van der Waals surface area contributed by atoms with E-state index in [1.807, 2.05) is 18.7 Å². The Morgan fingerprint density at radius 1 is 1.13 bits per heavy atom. The van der Waals surface area contributed by atoms with Crippen LogP contribution in [0.3, 0.4) is 0 Å². The van der Waals surface area contributed by atoms with E-state index in [-0.39, 0.29) is 24.0 Å². The fourth-order valence-electron chi connectivity index (χ4n) is 3.51. The summed E-state index contributed by atoms with van der Waals surface area (Å²) >= 11 is 0. The van der Waals surface area contributed by atoms with Crippen molar-refractivity contribution in [2.75, 3.05) is 19.6 Å². The normalized spacial score (nSPS) is 11.8. The molecular weight excluding hydrogens is 487 g/mol. The minimum Gasteiger partial charge on any atom is -0.357 e. The van der Waals surface area contributed by atoms with E-state index in [4.69, 9.17) is 4.99 Å². The molecule has 2 aromatic rings. The third kappa shape index (κ3) is 9.47. The zero-order chi connectivity index (χ0) is 21.1. The number of nitrogens with one attached hydrogen (secondary N) is 2. The Hall–Kier alpha value is -1.61. The van der Waals surface area contributed by atoms with Crippen molar-refractivity contribution < 1.29 is 0 Å². The monoisotopic (exact) mass is 526 g/mol. The highest BCUT2D eigenvalue weighted by molar-refractivity contribution is 14.0. The Balaban J connectivity index is 0.00000450. The first-order chi connectivity index (χ1) is 14.0. The summed E-state index contributed by atoms with van der Waals surface area (Å²) in [5, 5.41) is 6.83. The third-order valence-electron chi connectivity index (χ3n) is 4.89. The van der Waals surface area contributed by atoms with E-state index in [2.05, 4.69) is 84.0 Å². The van der Waals surface area contributed by atoms with Gasteiger partial charge < -0.3 is 15.2 Å². The van der Waals surface area contributed by atoms with Crippen LogP contribution in [0.15, 0.2) is 48.0 Å². The van der Waals surface area contributed by atoms with Gasteiger partial charge in [0.2, 0.25) is 0 Å². The topological polar surface area (TPSA) is 57.5 Å². The molecule has 0 saturated heterocycles. The second-order valence-corrected chi connectivity index (χ2v) is 7.96. The summed E-state index contributed by atoms with van der Waals surface area (Å²) in [6.07, 6.45) is 6.74. The fourth-order valence-corrected chi connectivity index (χ4v) is 3.51. The summed E-state index contributed by atoms with van der Waals surface area (Å²) in [5.74, 6) is 0.883. The van der Waals surface area contributed by atoms with Gasteiger partial charge in [0.25, 0.3) is 0 Å². The molecule has 0 amide bonds. The first-order valence-electron chi connectivity index (χ1n) is 10.8. The quantitative estimate of drug-likeness (QED) is 0.200. The number of hydrogen-bond donors (Lipinski definition) is 2. The van der Waals surface area contributed by atoms with Crippen molar-refractivity contribution >= 4 is 29.9 Å². The third-order valence-corrected chi connectivity index (χ3v) is 4.89. The van der Waals surface area contributed by atoms with Crippen molar-refractivity contribution in [3.63, 3.8) is 0 Å². The van der Waals surface area contributed by atoms with E-state index in [1.165, 1.54) is 11.1 Å². The van der Waals surface area contributed by atoms with E-state index in [9.17, 15) is 0 Å². The summed E-state index contributed by atoms with van der Waals surface area (Å²) in [4.78, 5) is 11.4. The van der Waals surface area contributed by atoms with Gasteiger partial charge >= 0.3 is 0 Å². The molecule has 0 bridgehead atoms. The number of aliphatic imine (C=N–C) groups is 1. The van der Waals surface area contributed by atoms with Gasteiger partial charge in [0.1, 0.15) is 0 Å². The molecule has 0 aliphatic carbocycles. The van der Waals surface area contributed by atoms with Gasteiger partial charge in [-0.15, -0.1) is 24.0 Å². The Labute approximate surface area is 199 Å². The van der Waals surface area contributed by atoms with Crippen LogP contribution in [0.1, 0.15) is 52.2 Å². The highest BCUT2D eigenvalue weighted by Gasteiger charge is 2.12. The highest BCUT2D eigenvalue weighted by Crippen LogP contribution is 2.09. The zero-order valence-corrected chi connectivity index (χ0v) is 21.5. The minimum atomic E-state index is 0. The first-order valence-corrected chi connectivity index (χ1v) is 10.8. The van der Waals surface area contributed by atoms with Crippen LogP contribution in [0.5, 0.6) is 0 Å². The molecule has 0 fully saturated rings. The minimum absolute atomic E-state index is 0. The number of nitrogens with zero attached hydrogens (tertiary/aromatic N) is 4. The molecule has 0 aliphatic rings. The number of guanidine groups is 1. The predicted octanol–water partition coefficient (Wildman–Crippen LogP) is 4.11. The van der Waals surface area contributed by atoms with Gasteiger partial charge in [0.15, 0.2) is 5.96 Å². The van der Waals surface area contributed by atoms with Gasteiger partial charge in [0.05, 0.1) is 12.9 Å². The van der Waals surface area contributed by atoms with E-state index in [1.54, 1.807) is 0 Å². The molecule has 0 saturated carbocycles. The molecule has 1 heterocycles. The van der Waals surface area contributed by atoms with E-state index >= 15 is 0 Å². The van der Waals surface area contributed by atoms with Crippen LogP contribution in [0.4, 0.5) is 0 Å². The summed E-state index contributed by atoms with van der Waals surface area (Å²) in [5.41, 5.74) is 2.47. The van der Waals surface area contributed by atoms with Crippen molar-refractivity contribution in [2.45, 2.75) is 66.2 Å². The average Bonchev–Trinajstić information content (AvgIpc) is 3.18. The second kappa shape index (κ2) is 14.4. The molecule has 1 aromatic carbocycles. The van der Waals surface area contributed by atoms with Crippen LogP contribution >= 0.6 is 24.0 Å². The maximum atomic E-state index is 4.77. The molecule has 1 aromatic heterocycles. The van der Waals surface area contributed by atoms with Gasteiger partial charge in [-0.3, -0.25) is 4.90 Å². The van der Waals surface area contributed by atoms with Gasteiger partial charge in [0, 0.05) is 50.7 Å². The van der Waals surface area contributed by atoms with Crippen molar-refractivity contribution in [1.29, 1.82) is 0 Å². The predicted molar refractivity (Wildman–Crippen MR) is 138 cm³/mol. The molecule has 0 spiro atoms. The summed E-state index contributed by atoms with van der Waals surface area (Å²) < 4.78 is 2.08. The first kappa shape index (κ1) is 26.4. The lowest BCUT2D eigenvalue weighted by atomic mass is 10.1. The zero-order valence-electron chi connectivity index (χ0n) is 19.1. The fraction of sp³-hybridized carbons (Fsp3) is 0.565. The van der Waals surface area contributed by atoms with E-state index < -0.39 is 0 Å². The van der Waals surface area contributed by atoms with Gasteiger partial charge in [-0.25, -0.2) is 9.98 Å². The number of rotatable bonds is 11. The smallest absolute Gasteiger partial charge is 0.191 e. The largest absolute Gasteiger partial charge is 0.357 e. The molecule has 0 unspecified atom stereocenters. The molecule has 2 N–H and O–H groups in total.